The number of esters is 1. The minimum absolute atomic E-state index is 0.245. The van der Waals surface area contributed by atoms with Gasteiger partial charge in [-0.05, 0) is 54.1 Å². The van der Waals surface area contributed by atoms with Crippen molar-refractivity contribution in [1.29, 1.82) is 0 Å². The van der Waals surface area contributed by atoms with Gasteiger partial charge in [0.2, 0.25) is 0 Å². The molecular weight excluding hydrogens is 357 g/mol. The van der Waals surface area contributed by atoms with E-state index < -0.39 is 17.7 Å². The second-order valence-corrected chi connectivity index (χ2v) is 5.71. The summed E-state index contributed by atoms with van der Waals surface area (Å²) in [5, 5.41) is 0. The highest BCUT2D eigenvalue weighted by atomic mass is 19.4. The molecule has 0 fully saturated rings. The van der Waals surface area contributed by atoms with Gasteiger partial charge in [0.1, 0.15) is 18.1 Å². The molecule has 0 radical (unpaired) electrons. The van der Waals surface area contributed by atoms with Gasteiger partial charge in [0.25, 0.3) is 0 Å². The molecule has 0 bridgehead atoms. The zero-order valence-electron chi connectivity index (χ0n) is 14.1. The van der Waals surface area contributed by atoms with Crippen LogP contribution >= 0.6 is 0 Å². The second kappa shape index (κ2) is 7.95. The summed E-state index contributed by atoms with van der Waals surface area (Å²) in [4.78, 5) is 12.1. The maximum Gasteiger partial charge on any atom is 0.416 e. The molecule has 0 aliphatic carbocycles. The van der Waals surface area contributed by atoms with Crippen LogP contribution in [0.2, 0.25) is 0 Å². The number of para-hydroxylation sites is 1. The van der Waals surface area contributed by atoms with Crippen molar-refractivity contribution in [2.45, 2.75) is 12.8 Å². The molecule has 6 heteroatoms. The van der Waals surface area contributed by atoms with Gasteiger partial charge >= 0.3 is 12.1 Å². The molecule has 0 aliphatic rings. The molecule has 0 unspecified atom stereocenters. The number of rotatable bonds is 5. The Morgan fingerprint density at radius 3 is 2.15 bits per heavy atom. The summed E-state index contributed by atoms with van der Waals surface area (Å²) in [6, 6.07) is 20.2. The minimum Gasteiger partial charge on any atom is -0.457 e. The average molecular weight is 372 g/mol. The largest absolute Gasteiger partial charge is 0.457 e. The number of halogens is 3. The number of carbonyl (C=O) groups excluding carboxylic acids is 1. The Hall–Kier alpha value is -3.28. The normalized spacial score (nSPS) is 11.1. The molecule has 0 spiro atoms. The van der Waals surface area contributed by atoms with Crippen molar-refractivity contribution in [3.63, 3.8) is 0 Å². The molecule has 3 aromatic rings. The van der Waals surface area contributed by atoms with Crippen LogP contribution in [-0.2, 0) is 17.5 Å². The van der Waals surface area contributed by atoms with E-state index in [1.54, 1.807) is 24.3 Å². The Bertz CT molecular complexity index is 904. The number of benzene rings is 3. The van der Waals surface area contributed by atoms with Crippen LogP contribution in [0.15, 0.2) is 78.9 Å². The van der Waals surface area contributed by atoms with E-state index in [1.807, 2.05) is 18.2 Å². The molecule has 0 aromatic heterocycles. The molecule has 0 aliphatic heterocycles. The summed E-state index contributed by atoms with van der Waals surface area (Å²) in [6.07, 6.45) is -4.44. The first-order chi connectivity index (χ1) is 12.9. The summed E-state index contributed by atoms with van der Waals surface area (Å²) >= 11 is 0. The Morgan fingerprint density at radius 2 is 1.48 bits per heavy atom. The van der Waals surface area contributed by atoms with Crippen LogP contribution in [0.4, 0.5) is 13.2 Å². The van der Waals surface area contributed by atoms with Crippen LogP contribution in [0, 0.1) is 0 Å². The fourth-order valence-electron chi connectivity index (χ4n) is 2.35. The monoisotopic (exact) mass is 372 g/mol. The van der Waals surface area contributed by atoms with E-state index in [4.69, 9.17) is 9.47 Å². The number of hydrogen-bond acceptors (Lipinski definition) is 3. The smallest absolute Gasteiger partial charge is 0.416 e. The Morgan fingerprint density at radius 1 is 0.815 bits per heavy atom. The molecule has 3 rings (SSSR count). The lowest BCUT2D eigenvalue weighted by molar-refractivity contribution is -0.137. The van der Waals surface area contributed by atoms with Crippen molar-refractivity contribution in [3.8, 4) is 11.5 Å². The summed E-state index contributed by atoms with van der Waals surface area (Å²) in [6.45, 7) is -0.245. The van der Waals surface area contributed by atoms with Crippen LogP contribution in [0.3, 0.4) is 0 Å². The summed E-state index contributed by atoms with van der Waals surface area (Å²) in [7, 11) is 0. The highest BCUT2D eigenvalue weighted by Crippen LogP contribution is 2.29. The van der Waals surface area contributed by atoms with Gasteiger partial charge in [-0.2, -0.15) is 13.2 Å². The maximum absolute atomic E-state index is 12.7. The molecule has 0 saturated heterocycles. The molecule has 3 nitrogen and oxygen atoms in total. The van der Waals surface area contributed by atoms with Crippen LogP contribution in [0.25, 0.3) is 0 Å². The van der Waals surface area contributed by atoms with Gasteiger partial charge in [-0.15, -0.1) is 0 Å². The predicted molar refractivity (Wildman–Crippen MR) is 93.5 cm³/mol. The lowest BCUT2D eigenvalue weighted by Gasteiger charge is -2.10. The molecule has 27 heavy (non-hydrogen) atoms. The van der Waals surface area contributed by atoms with E-state index in [-0.39, 0.29) is 17.7 Å². The van der Waals surface area contributed by atoms with E-state index >= 15 is 0 Å². The van der Waals surface area contributed by atoms with Crippen molar-refractivity contribution in [3.05, 3.63) is 95.6 Å². The Labute approximate surface area is 154 Å². The number of alkyl halides is 3. The zero-order valence-corrected chi connectivity index (χ0v) is 14.1. The standard InChI is InChI=1S/C21H15F3O3/c22-21(23,24)17-6-4-5-15(13-17)14-26-20(25)16-9-11-19(12-10-16)27-18-7-2-1-3-8-18/h1-13H,14H2. The van der Waals surface area contributed by atoms with E-state index in [0.29, 0.717) is 11.5 Å². The number of ether oxygens (including phenoxy) is 2. The SMILES string of the molecule is O=C(OCc1cccc(C(F)(F)F)c1)c1ccc(Oc2ccccc2)cc1. The lowest BCUT2D eigenvalue weighted by Crippen LogP contribution is -2.08. The fraction of sp³-hybridized carbons (Fsp3) is 0.0952. The molecule has 0 saturated carbocycles. The first kappa shape index (κ1) is 18.5. The van der Waals surface area contributed by atoms with Crippen molar-refractivity contribution < 1.29 is 27.4 Å². The predicted octanol–water partition coefficient (Wildman–Crippen LogP) is 5.85. The lowest BCUT2D eigenvalue weighted by atomic mass is 10.1. The average Bonchev–Trinajstić information content (AvgIpc) is 2.67. The zero-order chi connectivity index (χ0) is 19.3. The summed E-state index contributed by atoms with van der Waals surface area (Å²) in [5.41, 5.74) is -0.233. The molecule has 0 heterocycles. The number of hydrogen-bond donors (Lipinski definition) is 0. The van der Waals surface area contributed by atoms with E-state index in [0.717, 1.165) is 12.1 Å². The third-order valence-corrected chi connectivity index (χ3v) is 3.69. The van der Waals surface area contributed by atoms with Crippen LogP contribution < -0.4 is 4.74 Å². The third kappa shape index (κ3) is 5.10. The highest BCUT2D eigenvalue weighted by molar-refractivity contribution is 5.89. The number of carbonyl (C=O) groups is 1. The van der Waals surface area contributed by atoms with Crippen LogP contribution in [0.1, 0.15) is 21.5 Å². The summed E-state index contributed by atoms with van der Waals surface area (Å²) in [5.74, 6) is 0.590. The van der Waals surface area contributed by atoms with Crippen molar-refractivity contribution in [1.82, 2.24) is 0 Å². The molecule has 0 atom stereocenters. The Balaban J connectivity index is 1.60. The van der Waals surface area contributed by atoms with Gasteiger partial charge in [-0.1, -0.05) is 30.3 Å². The molecule has 3 aromatic carbocycles. The topological polar surface area (TPSA) is 35.5 Å². The highest BCUT2D eigenvalue weighted by Gasteiger charge is 2.30. The molecular formula is C21H15F3O3. The first-order valence-corrected chi connectivity index (χ1v) is 8.08. The van der Waals surface area contributed by atoms with Crippen molar-refractivity contribution in [2.75, 3.05) is 0 Å². The van der Waals surface area contributed by atoms with E-state index in [9.17, 15) is 18.0 Å². The van der Waals surface area contributed by atoms with E-state index in [1.165, 1.54) is 24.3 Å². The fourth-order valence-corrected chi connectivity index (χ4v) is 2.35. The van der Waals surface area contributed by atoms with Crippen molar-refractivity contribution >= 4 is 5.97 Å². The maximum atomic E-state index is 12.7. The van der Waals surface area contributed by atoms with Crippen LogP contribution in [0.5, 0.6) is 11.5 Å². The van der Waals surface area contributed by atoms with Crippen molar-refractivity contribution in [2.24, 2.45) is 0 Å². The molecule has 0 N–H and O–H groups in total. The van der Waals surface area contributed by atoms with E-state index in [2.05, 4.69) is 0 Å². The first-order valence-electron chi connectivity index (χ1n) is 8.08. The van der Waals surface area contributed by atoms with Gasteiger partial charge in [-0.3, -0.25) is 0 Å². The second-order valence-electron chi connectivity index (χ2n) is 5.71. The van der Waals surface area contributed by atoms with Gasteiger partial charge < -0.3 is 9.47 Å². The minimum atomic E-state index is -4.44. The van der Waals surface area contributed by atoms with Gasteiger partial charge in [0.05, 0.1) is 11.1 Å². The van der Waals surface area contributed by atoms with Gasteiger partial charge in [-0.25, -0.2) is 4.79 Å². The van der Waals surface area contributed by atoms with Gasteiger partial charge in [0.15, 0.2) is 0 Å². The molecule has 0 amide bonds. The third-order valence-electron chi connectivity index (χ3n) is 3.69. The molecule has 138 valence electrons. The Kier molecular flexibility index (Phi) is 5.45. The quantitative estimate of drug-likeness (QED) is 0.527. The summed E-state index contributed by atoms with van der Waals surface area (Å²) < 4.78 is 48.8. The van der Waals surface area contributed by atoms with Crippen LogP contribution in [-0.4, -0.2) is 5.97 Å². The van der Waals surface area contributed by atoms with Gasteiger partial charge in [0, 0.05) is 0 Å².